The summed E-state index contributed by atoms with van der Waals surface area (Å²) in [6.45, 7) is 2.92. The summed E-state index contributed by atoms with van der Waals surface area (Å²) in [5, 5.41) is 3.21. The monoisotopic (exact) mass is 227 g/mol. The molecule has 0 aliphatic carbocycles. The van der Waals surface area contributed by atoms with Crippen molar-refractivity contribution in [3.05, 3.63) is 16.1 Å². The molecule has 0 saturated carbocycles. The van der Waals surface area contributed by atoms with Crippen LogP contribution in [0.5, 0.6) is 0 Å². The number of aromatic nitrogens is 1. The average molecular weight is 227 g/mol. The summed E-state index contributed by atoms with van der Waals surface area (Å²) in [5.41, 5.74) is 12.7. The summed E-state index contributed by atoms with van der Waals surface area (Å²) in [7, 11) is 0. The van der Waals surface area contributed by atoms with Crippen molar-refractivity contribution < 1.29 is 0 Å². The molecule has 0 saturated heterocycles. The fourth-order valence-corrected chi connectivity index (χ4v) is 2.39. The SMILES string of the molecule is CCCc1csc([C@@H](N)CCCCN)n1. The lowest BCUT2D eigenvalue weighted by Crippen LogP contribution is -2.11. The molecule has 15 heavy (non-hydrogen) atoms. The van der Waals surface area contributed by atoms with Gasteiger partial charge >= 0.3 is 0 Å². The minimum Gasteiger partial charge on any atom is -0.330 e. The van der Waals surface area contributed by atoms with E-state index in [9.17, 15) is 0 Å². The maximum atomic E-state index is 6.05. The number of rotatable bonds is 7. The highest BCUT2D eigenvalue weighted by atomic mass is 32.1. The van der Waals surface area contributed by atoms with Crippen LogP contribution in [-0.4, -0.2) is 11.5 Å². The van der Waals surface area contributed by atoms with Crippen LogP contribution in [-0.2, 0) is 6.42 Å². The molecule has 0 radical (unpaired) electrons. The molecule has 0 bridgehead atoms. The molecule has 1 aromatic rings. The van der Waals surface area contributed by atoms with Crippen molar-refractivity contribution in [3.8, 4) is 0 Å². The van der Waals surface area contributed by atoms with E-state index in [0.717, 1.165) is 43.7 Å². The standard InChI is InChI=1S/C11H21N3S/c1-2-5-9-8-15-11(14-9)10(13)6-3-4-7-12/h8,10H,2-7,12-13H2,1H3/t10-/m0/s1. The Labute approximate surface area is 95.9 Å². The first-order valence-corrected chi connectivity index (χ1v) is 6.55. The van der Waals surface area contributed by atoms with Gasteiger partial charge in [-0.3, -0.25) is 0 Å². The topological polar surface area (TPSA) is 64.9 Å². The lowest BCUT2D eigenvalue weighted by atomic mass is 10.1. The molecule has 0 aromatic carbocycles. The maximum Gasteiger partial charge on any atom is 0.110 e. The molecule has 3 nitrogen and oxygen atoms in total. The van der Waals surface area contributed by atoms with Gasteiger partial charge in [0.1, 0.15) is 5.01 Å². The largest absolute Gasteiger partial charge is 0.330 e. The minimum absolute atomic E-state index is 0.104. The molecule has 1 aromatic heterocycles. The maximum absolute atomic E-state index is 6.05. The Hall–Kier alpha value is -0.450. The zero-order chi connectivity index (χ0) is 11.1. The van der Waals surface area contributed by atoms with Crippen LogP contribution in [0.15, 0.2) is 5.38 Å². The third kappa shape index (κ3) is 4.28. The molecule has 86 valence electrons. The zero-order valence-electron chi connectivity index (χ0n) is 9.41. The number of aryl methyl sites for hydroxylation is 1. The van der Waals surface area contributed by atoms with Gasteiger partial charge < -0.3 is 11.5 Å². The van der Waals surface area contributed by atoms with E-state index in [1.165, 1.54) is 5.69 Å². The van der Waals surface area contributed by atoms with Crippen molar-refractivity contribution in [3.63, 3.8) is 0 Å². The third-order valence-corrected chi connectivity index (χ3v) is 3.39. The summed E-state index contributed by atoms with van der Waals surface area (Å²) < 4.78 is 0. The van der Waals surface area contributed by atoms with Gasteiger partial charge in [0.25, 0.3) is 0 Å². The molecule has 0 aliphatic rings. The van der Waals surface area contributed by atoms with Gasteiger partial charge in [0.05, 0.1) is 11.7 Å². The van der Waals surface area contributed by atoms with Crippen molar-refractivity contribution in [1.29, 1.82) is 0 Å². The van der Waals surface area contributed by atoms with Crippen LogP contribution in [0.1, 0.15) is 49.4 Å². The highest BCUT2D eigenvalue weighted by Gasteiger charge is 2.10. The number of hydrogen-bond acceptors (Lipinski definition) is 4. The molecule has 0 fully saturated rings. The molecule has 1 heterocycles. The number of hydrogen-bond donors (Lipinski definition) is 2. The summed E-state index contributed by atoms with van der Waals surface area (Å²) in [4.78, 5) is 4.54. The number of unbranched alkanes of at least 4 members (excludes halogenated alkanes) is 1. The van der Waals surface area contributed by atoms with Gasteiger partial charge in [0.2, 0.25) is 0 Å². The van der Waals surface area contributed by atoms with Gasteiger partial charge in [-0.25, -0.2) is 4.98 Å². The number of nitrogens with two attached hydrogens (primary N) is 2. The smallest absolute Gasteiger partial charge is 0.110 e. The van der Waals surface area contributed by atoms with E-state index in [4.69, 9.17) is 11.5 Å². The summed E-state index contributed by atoms with van der Waals surface area (Å²) in [5.74, 6) is 0. The van der Waals surface area contributed by atoms with Crippen molar-refractivity contribution in [2.75, 3.05) is 6.54 Å². The molecular formula is C11H21N3S. The van der Waals surface area contributed by atoms with Gasteiger partial charge in [-0.15, -0.1) is 11.3 Å². The molecule has 4 heteroatoms. The summed E-state index contributed by atoms with van der Waals surface area (Å²) in [6, 6.07) is 0.104. The molecule has 0 unspecified atom stereocenters. The minimum atomic E-state index is 0.104. The van der Waals surface area contributed by atoms with E-state index in [-0.39, 0.29) is 6.04 Å². The molecule has 1 rings (SSSR count). The van der Waals surface area contributed by atoms with E-state index in [1.807, 2.05) is 0 Å². The molecule has 4 N–H and O–H groups in total. The first-order chi connectivity index (χ1) is 7.27. The molecule has 1 atom stereocenters. The molecule has 0 spiro atoms. The first-order valence-electron chi connectivity index (χ1n) is 5.67. The summed E-state index contributed by atoms with van der Waals surface area (Å²) >= 11 is 1.69. The molecular weight excluding hydrogens is 206 g/mol. The van der Waals surface area contributed by atoms with Gasteiger partial charge in [-0.05, 0) is 25.8 Å². The van der Waals surface area contributed by atoms with Crippen LogP contribution >= 0.6 is 11.3 Å². The fraction of sp³-hybridized carbons (Fsp3) is 0.727. The Kier molecular flexibility index (Phi) is 5.83. The fourth-order valence-electron chi connectivity index (χ4n) is 1.50. The van der Waals surface area contributed by atoms with Crippen LogP contribution in [0.4, 0.5) is 0 Å². The van der Waals surface area contributed by atoms with Gasteiger partial charge in [0.15, 0.2) is 0 Å². The Morgan fingerprint density at radius 2 is 2.27 bits per heavy atom. The number of thiazole rings is 1. The molecule has 0 amide bonds. The van der Waals surface area contributed by atoms with Crippen LogP contribution in [0.2, 0.25) is 0 Å². The molecule has 0 aliphatic heterocycles. The second-order valence-electron chi connectivity index (χ2n) is 3.82. The zero-order valence-corrected chi connectivity index (χ0v) is 10.2. The lowest BCUT2D eigenvalue weighted by molar-refractivity contribution is 0.587. The van der Waals surface area contributed by atoms with Gasteiger partial charge in [-0.1, -0.05) is 19.8 Å². The summed E-state index contributed by atoms with van der Waals surface area (Å²) in [6.07, 6.45) is 5.36. The third-order valence-electron chi connectivity index (χ3n) is 2.36. The predicted molar refractivity (Wildman–Crippen MR) is 65.9 cm³/mol. The van der Waals surface area contributed by atoms with E-state index in [1.54, 1.807) is 11.3 Å². The second kappa shape index (κ2) is 6.93. The normalized spacial score (nSPS) is 13.0. The van der Waals surface area contributed by atoms with E-state index >= 15 is 0 Å². The van der Waals surface area contributed by atoms with E-state index in [2.05, 4.69) is 17.3 Å². The Bertz CT molecular complexity index is 273. The highest BCUT2D eigenvalue weighted by molar-refractivity contribution is 7.09. The van der Waals surface area contributed by atoms with Crippen LogP contribution < -0.4 is 11.5 Å². The van der Waals surface area contributed by atoms with E-state index in [0.29, 0.717) is 0 Å². The highest BCUT2D eigenvalue weighted by Crippen LogP contribution is 2.21. The van der Waals surface area contributed by atoms with E-state index < -0.39 is 0 Å². The average Bonchev–Trinajstić information content (AvgIpc) is 2.67. The lowest BCUT2D eigenvalue weighted by Gasteiger charge is -2.06. The predicted octanol–water partition coefficient (Wildman–Crippen LogP) is 2.22. The van der Waals surface area contributed by atoms with Gasteiger partial charge in [0, 0.05) is 5.38 Å². The first kappa shape index (κ1) is 12.6. The van der Waals surface area contributed by atoms with Crippen LogP contribution in [0.3, 0.4) is 0 Å². The van der Waals surface area contributed by atoms with Crippen molar-refractivity contribution in [2.24, 2.45) is 11.5 Å². The van der Waals surface area contributed by atoms with Gasteiger partial charge in [-0.2, -0.15) is 0 Å². The number of nitrogens with zero attached hydrogens (tertiary/aromatic N) is 1. The van der Waals surface area contributed by atoms with Crippen LogP contribution in [0.25, 0.3) is 0 Å². The quantitative estimate of drug-likeness (QED) is 0.702. The Morgan fingerprint density at radius 3 is 2.93 bits per heavy atom. The van der Waals surface area contributed by atoms with Crippen molar-refractivity contribution in [1.82, 2.24) is 4.98 Å². The van der Waals surface area contributed by atoms with Crippen LogP contribution in [0, 0.1) is 0 Å². The second-order valence-corrected chi connectivity index (χ2v) is 4.71. The van der Waals surface area contributed by atoms with Crippen molar-refractivity contribution >= 4 is 11.3 Å². The Balaban J connectivity index is 2.39. The Morgan fingerprint density at radius 1 is 1.47 bits per heavy atom. The van der Waals surface area contributed by atoms with Crippen molar-refractivity contribution in [2.45, 2.75) is 45.1 Å².